The predicted octanol–water partition coefficient (Wildman–Crippen LogP) is 0.00690. The highest BCUT2D eigenvalue weighted by molar-refractivity contribution is 5.50. The van der Waals surface area contributed by atoms with E-state index in [2.05, 4.69) is 4.99 Å². The second kappa shape index (κ2) is 5.38. The first-order valence-corrected chi connectivity index (χ1v) is 4.43. The van der Waals surface area contributed by atoms with Crippen molar-refractivity contribution in [3.05, 3.63) is 29.8 Å². The van der Waals surface area contributed by atoms with Gasteiger partial charge in [0.1, 0.15) is 6.10 Å². The van der Waals surface area contributed by atoms with Gasteiger partial charge < -0.3 is 15.9 Å². The SMILES string of the molecule is NCC(O)C(O)c1cccc(N=C=O)c1. The van der Waals surface area contributed by atoms with E-state index in [1.165, 1.54) is 12.1 Å². The predicted molar refractivity (Wildman–Crippen MR) is 54.2 cm³/mol. The molecule has 0 radical (unpaired) electrons. The summed E-state index contributed by atoms with van der Waals surface area (Å²) in [4.78, 5) is 13.4. The Morgan fingerprint density at radius 1 is 1.47 bits per heavy atom. The highest BCUT2D eigenvalue weighted by Gasteiger charge is 2.16. The minimum Gasteiger partial charge on any atom is -0.389 e. The van der Waals surface area contributed by atoms with Crippen LogP contribution in [0.25, 0.3) is 0 Å². The minimum absolute atomic E-state index is 0.0393. The smallest absolute Gasteiger partial charge is 0.240 e. The molecular formula is C10H12N2O3. The summed E-state index contributed by atoms with van der Waals surface area (Å²) < 4.78 is 0. The summed E-state index contributed by atoms with van der Waals surface area (Å²) in [5.74, 6) is 0. The van der Waals surface area contributed by atoms with Crippen LogP contribution in [0.4, 0.5) is 5.69 Å². The second-order valence-electron chi connectivity index (χ2n) is 3.05. The lowest BCUT2D eigenvalue weighted by atomic mass is 10.0. The number of aliphatic imine (C=N–C) groups is 1. The van der Waals surface area contributed by atoms with Gasteiger partial charge in [-0.3, -0.25) is 0 Å². The van der Waals surface area contributed by atoms with E-state index in [4.69, 9.17) is 5.73 Å². The van der Waals surface area contributed by atoms with E-state index >= 15 is 0 Å². The molecule has 2 atom stereocenters. The van der Waals surface area contributed by atoms with Crippen LogP contribution >= 0.6 is 0 Å². The Labute approximate surface area is 86.9 Å². The maximum absolute atomic E-state index is 10.0. The molecule has 80 valence electrons. The molecule has 0 fully saturated rings. The molecule has 1 aromatic rings. The van der Waals surface area contributed by atoms with E-state index < -0.39 is 12.2 Å². The van der Waals surface area contributed by atoms with Gasteiger partial charge in [0.15, 0.2) is 0 Å². The van der Waals surface area contributed by atoms with Crippen molar-refractivity contribution in [1.82, 2.24) is 0 Å². The molecule has 0 amide bonds. The molecule has 0 heterocycles. The molecular weight excluding hydrogens is 196 g/mol. The van der Waals surface area contributed by atoms with Crippen LogP contribution in [0.2, 0.25) is 0 Å². The summed E-state index contributed by atoms with van der Waals surface area (Å²) >= 11 is 0. The van der Waals surface area contributed by atoms with Gasteiger partial charge in [-0.25, -0.2) is 4.79 Å². The van der Waals surface area contributed by atoms with Crippen LogP contribution in [0.5, 0.6) is 0 Å². The number of aliphatic hydroxyl groups excluding tert-OH is 2. The molecule has 0 saturated carbocycles. The molecule has 15 heavy (non-hydrogen) atoms. The van der Waals surface area contributed by atoms with Crippen molar-refractivity contribution in [1.29, 1.82) is 0 Å². The Hall–Kier alpha value is -1.52. The zero-order valence-electron chi connectivity index (χ0n) is 8.00. The molecule has 0 spiro atoms. The molecule has 2 unspecified atom stereocenters. The van der Waals surface area contributed by atoms with Gasteiger partial charge in [-0.1, -0.05) is 12.1 Å². The molecule has 5 nitrogen and oxygen atoms in total. The second-order valence-corrected chi connectivity index (χ2v) is 3.05. The minimum atomic E-state index is -1.07. The number of benzene rings is 1. The zero-order chi connectivity index (χ0) is 11.3. The lowest BCUT2D eigenvalue weighted by Crippen LogP contribution is -2.27. The van der Waals surface area contributed by atoms with Gasteiger partial charge in [0, 0.05) is 6.54 Å². The van der Waals surface area contributed by atoms with Crippen molar-refractivity contribution in [3.63, 3.8) is 0 Å². The number of rotatable bonds is 4. The van der Waals surface area contributed by atoms with Crippen molar-refractivity contribution >= 4 is 11.8 Å². The third kappa shape index (κ3) is 2.97. The Morgan fingerprint density at radius 3 is 2.80 bits per heavy atom. The highest BCUT2D eigenvalue weighted by Crippen LogP contribution is 2.21. The molecule has 0 aliphatic rings. The van der Waals surface area contributed by atoms with Crippen molar-refractivity contribution in [2.45, 2.75) is 12.2 Å². The number of isocyanates is 1. The van der Waals surface area contributed by atoms with Crippen LogP contribution in [0.15, 0.2) is 29.3 Å². The van der Waals surface area contributed by atoms with Crippen molar-refractivity contribution < 1.29 is 15.0 Å². The van der Waals surface area contributed by atoms with Crippen LogP contribution < -0.4 is 5.73 Å². The van der Waals surface area contributed by atoms with Gasteiger partial charge in [-0.2, -0.15) is 4.99 Å². The number of nitrogens with zero attached hydrogens (tertiary/aromatic N) is 1. The van der Waals surface area contributed by atoms with E-state index in [0.29, 0.717) is 11.3 Å². The first-order chi connectivity index (χ1) is 7.19. The molecule has 0 aliphatic carbocycles. The molecule has 0 aromatic heterocycles. The molecule has 5 heteroatoms. The van der Waals surface area contributed by atoms with Gasteiger partial charge in [0.05, 0.1) is 11.8 Å². The first kappa shape index (κ1) is 11.6. The van der Waals surface area contributed by atoms with E-state index in [1.54, 1.807) is 18.2 Å². The maximum atomic E-state index is 10.0. The normalized spacial score (nSPS) is 14.1. The number of nitrogens with two attached hydrogens (primary N) is 1. The average molecular weight is 208 g/mol. The largest absolute Gasteiger partial charge is 0.389 e. The number of aliphatic hydroxyl groups is 2. The molecule has 1 aromatic carbocycles. The molecule has 0 aliphatic heterocycles. The van der Waals surface area contributed by atoms with Gasteiger partial charge in [-0.15, -0.1) is 0 Å². The summed E-state index contributed by atoms with van der Waals surface area (Å²) in [6, 6.07) is 6.33. The monoisotopic (exact) mass is 208 g/mol. The third-order valence-electron chi connectivity index (χ3n) is 1.99. The van der Waals surface area contributed by atoms with E-state index in [-0.39, 0.29) is 6.54 Å². The Morgan fingerprint density at radius 2 is 2.20 bits per heavy atom. The number of hydrogen-bond donors (Lipinski definition) is 3. The maximum Gasteiger partial charge on any atom is 0.240 e. The fraction of sp³-hybridized carbons (Fsp3) is 0.300. The number of carbonyl (C=O) groups excluding carboxylic acids is 1. The third-order valence-corrected chi connectivity index (χ3v) is 1.99. The van der Waals surface area contributed by atoms with Crippen LogP contribution in [0.3, 0.4) is 0 Å². The summed E-state index contributed by atoms with van der Waals surface area (Å²) in [6.07, 6.45) is -0.700. The first-order valence-electron chi connectivity index (χ1n) is 4.43. The van der Waals surface area contributed by atoms with Gasteiger partial charge in [0.2, 0.25) is 6.08 Å². The zero-order valence-corrected chi connectivity index (χ0v) is 8.00. The van der Waals surface area contributed by atoms with Crippen molar-refractivity contribution in [2.75, 3.05) is 6.54 Å². The van der Waals surface area contributed by atoms with Crippen molar-refractivity contribution in [2.24, 2.45) is 10.7 Å². The summed E-state index contributed by atoms with van der Waals surface area (Å²) in [6.45, 7) is -0.0393. The van der Waals surface area contributed by atoms with E-state index in [0.717, 1.165) is 0 Å². The summed E-state index contributed by atoms with van der Waals surface area (Å²) in [5, 5.41) is 18.9. The van der Waals surface area contributed by atoms with Gasteiger partial charge in [-0.05, 0) is 17.7 Å². The van der Waals surface area contributed by atoms with E-state index in [9.17, 15) is 15.0 Å². The summed E-state index contributed by atoms with van der Waals surface area (Å²) in [5.41, 5.74) is 6.05. The Kier molecular flexibility index (Phi) is 4.15. The molecule has 0 saturated heterocycles. The van der Waals surface area contributed by atoms with Gasteiger partial charge >= 0.3 is 0 Å². The fourth-order valence-corrected chi connectivity index (χ4v) is 1.18. The molecule has 0 bridgehead atoms. The molecule has 1 rings (SSSR count). The van der Waals surface area contributed by atoms with Crippen LogP contribution in [-0.2, 0) is 4.79 Å². The topological polar surface area (TPSA) is 95.9 Å². The number of hydrogen-bond acceptors (Lipinski definition) is 5. The van der Waals surface area contributed by atoms with Crippen molar-refractivity contribution in [3.8, 4) is 0 Å². The summed E-state index contributed by atoms with van der Waals surface area (Å²) in [7, 11) is 0. The lowest BCUT2D eigenvalue weighted by molar-refractivity contribution is 0.0244. The Bertz CT molecular complexity index is 375. The fourth-order valence-electron chi connectivity index (χ4n) is 1.18. The average Bonchev–Trinajstić information content (AvgIpc) is 2.28. The van der Waals surface area contributed by atoms with Crippen LogP contribution in [0, 0.1) is 0 Å². The van der Waals surface area contributed by atoms with Crippen LogP contribution in [0.1, 0.15) is 11.7 Å². The quantitative estimate of drug-likeness (QED) is 0.479. The highest BCUT2D eigenvalue weighted by atomic mass is 16.3. The molecule has 4 N–H and O–H groups in total. The lowest BCUT2D eigenvalue weighted by Gasteiger charge is -2.16. The van der Waals surface area contributed by atoms with Gasteiger partial charge in [0.25, 0.3) is 0 Å². The Balaban J connectivity index is 2.94. The van der Waals surface area contributed by atoms with Crippen LogP contribution in [-0.4, -0.2) is 28.9 Å². The standard InChI is InChI=1S/C10H12N2O3/c11-5-9(14)10(15)7-2-1-3-8(4-7)12-6-13/h1-4,9-10,14-15H,5,11H2. The van der Waals surface area contributed by atoms with E-state index in [1.807, 2.05) is 0 Å².